The SMILES string of the molecule is CN(CC(N)=O)C[C@H]1CCc2ccc(S(=O)(=O)c3ccccc3)cc2O1. The van der Waals surface area contributed by atoms with Gasteiger partial charge in [-0.05, 0) is 49.7 Å². The number of carbonyl (C=O) groups is 1. The Balaban J connectivity index is 1.81. The van der Waals surface area contributed by atoms with E-state index in [4.69, 9.17) is 10.5 Å². The van der Waals surface area contributed by atoms with E-state index in [0.29, 0.717) is 12.3 Å². The van der Waals surface area contributed by atoms with Gasteiger partial charge in [0.15, 0.2) is 0 Å². The van der Waals surface area contributed by atoms with Crippen LogP contribution >= 0.6 is 0 Å². The van der Waals surface area contributed by atoms with Crippen LogP contribution in [0.5, 0.6) is 5.75 Å². The molecule has 2 aromatic carbocycles. The minimum atomic E-state index is -3.58. The lowest BCUT2D eigenvalue weighted by atomic mass is 10.0. The zero-order valence-electron chi connectivity index (χ0n) is 14.6. The Kier molecular flexibility index (Phi) is 5.29. The highest BCUT2D eigenvalue weighted by Gasteiger charge is 2.25. The van der Waals surface area contributed by atoms with Crippen LogP contribution in [0.15, 0.2) is 58.3 Å². The maximum atomic E-state index is 12.8. The summed E-state index contributed by atoms with van der Waals surface area (Å²) in [5.74, 6) is 0.200. The van der Waals surface area contributed by atoms with Crippen molar-refractivity contribution in [3.05, 3.63) is 54.1 Å². The quantitative estimate of drug-likeness (QED) is 0.830. The summed E-state index contributed by atoms with van der Waals surface area (Å²) in [4.78, 5) is 13.3. The van der Waals surface area contributed by atoms with Crippen LogP contribution in [0.1, 0.15) is 12.0 Å². The molecular formula is C19H22N2O4S. The van der Waals surface area contributed by atoms with Gasteiger partial charge in [0, 0.05) is 6.54 Å². The third-order valence-electron chi connectivity index (χ3n) is 4.37. The van der Waals surface area contributed by atoms with Crippen LogP contribution in [0.4, 0.5) is 0 Å². The van der Waals surface area contributed by atoms with Crippen LogP contribution in [-0.2, 0) is 21.1 Å². The Morgan fingerprint density at radius 3 is 2.62 bits per heavy atom. The van der Waals surface area contributed by atoms with Gasteiger partial charge in [0.1, 0.15) is 11.9 Å². The monoisotopic (exact) mass is 374 g/mol. The summed E-state index contributed by atoms with van der Waals surface area (Å²) in [5, 5.41) is 0. The molecule has 0 radical (unpaired) electrons. The summed E-state index contributed by atoms with van der Waals surface area (Å²) in [6.45, 7) is 0.715. The number of carbonyl (C=O) groups excluding carboxylic acids is 1. The van der Waals surface area contributed by atoms with Crippen molar-refractivity contribution in [2.75, 3.05) is 20.1 Å². The molecular weight excluding hydrogens is 352 g/mol. The second kappa shape index (κ2) is 7.47. The molecule has 3 rings (SSSR count). The minimum Gasteiger partial charge on any atom is -0.489 e. The highest BCUT2D eigenvalue weighted by Crippen LogP contribution is 2.32. The number of nitrogens with zero attached hydrogens (tertiary/aromatic N) is 1. The van der Waals surface area contributed by atoms with E-state index in [9.17, 15) is 13.2 Å². The van der Waals surface area contributed by atoms with E-state index in [1.165, 1.54) is 0 Å². The van der Waals surface area contributed by atoms with Crippen LogP contribution in [0.2, 0.25) is 0 Å². The zero-order chi connectivity index (χ0) is 18.7. The predicted octanol–water partition coefficient (Wildman–Crippen LogP) is 1.63. The van der Waals surface area contributed by atoms with E-state index < -0.39 is 9.84 Å². The lowest BCUT2D eigenvalue weighted by Crippen LogP contribution is -2.39. The minimum absolute atomic E-state index is 0.110. The van der Waals surface area contributed by atoms with Crippen molar-refractivity contribution >= 4 is 15.7 Å². The molecule has 0 bridgehead atoms. The molecule has 0 aromatic heterocycles. The second-order valence-electron chi connectivity index (χ2n) is 6.53. The molecule has 1 aliphatic heterocycles. The number of amides is 1. The van der Waals surface area contributed by atoms with E-state index in [2.05, 4.69) is 0 Å². The first-order valence-electron chi connectivity index (χ1n) is 8.43. The molecule has 26 heavy (non-hydrogen) atoms. The van der Waals surface area contributed by atoms with Crippen molar-refractivity contribution < 1.29 is 17.9 Å². The number of sulfone groups is 1. The van der Waals surface area contributed by atoms with Gasteiger partial charge in [-0.3, -0.25) is 9.69 Å². The van der Waals surface area contributed by atoms with Crippen LogP contribution in [0, 0.1) is 0 Å². The van der Waals surface area contributed by atoms with Gasteiger partial charge >= 0.3 is 0 Å². The summed E-state index contributed by atoms with van der Waals surface area (Å²) >= 11 is 0. The number of nitrogens with two attached hydrogens (primary N) is 1. The number of fused-ring (bicyclic) bond motifs is 1. The third-order valence-corrected chi connectivity index (χ3v) is 6.14. The second-order valence-corrected chi connectivity index (χ2v) is 8.48. The summed E-state index contributed by atoms with van der Waals surface area (Å²) in [5.41, 5.74) is 6.20. The standard InChI is InChI=1S/C19H22N2O4S/c1-21(13-19(20)22)12-15-9-7-14-8-10-17(11-18(14)25-15)26(23,24)16-5-3-2-4-6-16/h2-6,8,10-11,15H,7,9,12-13H2,1H3,(H2,20,22)/t15-/m1/s1. The van der Waals surface area contributed by atoms with Gasteiger partial charge in [0.25, 0.3) is 0 Å². The molecule has 1 amide bonds. The van der Waals surface area contributed by atoms with Crippen molar-refractivity contribution in [1.82, 2.24) is 4.90 Å². The highest BCUT2D eigenvalue weighted by atomic mass is 32.2. The number of rotatable bonds is 6. The molecule has 1 heterocycles. The Morgan fingerprint density at radius 2 is 1.92 bits per heavy atom. The highest BCUT2D eigenvalue weighted by molar-refractivity contribution is 7.91. The van der Waals surface area contributed by atoms with E-state index in [0.717, 1.165) is 18.4 Å². The van der Waals surface area contributed by atoms with Gasteiger partial charge in [-0.1, -0.05) is 24.3 Å². The normalized spacial score (nSPS) is 16.8. The number of benzene rings is 2. The summed E-state index contributed by atoms with van der Waals surface area (Å²) in [7, 11) is -1.78. The fourth-order valence-corrected chi connectivity index (χ4v) is 4.41. The van der Waals surface area contributed by atoms with Crippen LogP contribution in [-0.4, -0.2) is 45.5 Å². The molecule has 0 aliphatic carbocycles. The number of aryl methyl sites for hydroxylation is 1. The zero-order valence-corrected chi connectivity index (χ0v) is 15.4. The molecule has 0 saturated heterocycles. The summed E-state index contributed by atoms with van der Waals surface area (Å²) < 4.78 is 31.6. The maximum absolute atomic E-state index is 12.8. The molecule has 1 aliphatic rings. The largest absolute Gasteiger partial charge is 0.489 e. The average molecular weight is 374 g/mol. The van der Waals surface area contributed by atoms with E-state index >= 15 is 0 Å². The molecule has 0 spiro atoms. The van der Waals surface area contributed by atoms with Gasteiger partial charge in [-0.2, -0.15) is 0 Å². The molecule has 7 heteroatoms. The first-order valence-corrected chi connectivity index (χ1v) is 9.91. The fraction of sp³-hybridized carbons (Fsp3) is 0.316. The van der Waals surface area contributed by atoms with Crippen molar-refractivity contribution in [3.8, 4) is 5.75 Å². The Labute approximate surface area is 153 Å². The van der Waals surface area contributed by atoms with Gasteiger partial charge in [-0.15, -0.1) is 0 Å². The summed E-state index contributed by atoms with van der Waals surface area (Å²) in [6.07, 6.45) is 1.50. The van der Waals surface area contributed by atoms with Crippen LogP contribution in [0.25, 0.3) is 0 Å². The Bertz CT molecular complexity index is 897. The van der Waals surface area contributed by atoms with Crippen LogP contribution < -0.4 is 10.5 Å². The molecule has 1 atom stereocenters. The lowest BCUT2D eigenvalue weighted by Gasteiger charge is -2.29. The molecule has 2 aromatic rings. The Morgan fingerprint density at radius 1 is 1.19 bits per heavy atom. The number of hydrogen-bond donors (Lipinski definition) is 1. The first-order chi connectivity index (χ1) is 12.4. The van der Waals surface area contributed by atoms with E-state index in [1.807, 2.05) is 11.0 Å². The summed E-state index contributed by atoms with van der Waals surface area (Å²) in [6, 6.07) is 13.4. The van der Waals surface area contributed by atoms with E-state index in [-0.39, 0.29) is 28.3 Å². The van der Waals surface area contributed by atoms with Gasteiger partial charge in [-0.25, -0.2) is 8.42 Å². The topological polar surface area (TPSA) is 89.7 Å². The van der Waals surface area contributed by atoms with Gasteiger partial charge in [0.2, 0.25) is 15.7 Å². The third kappa shape index (κ3) is 4.05. The number of primary amides is 1. The fourth-order valence-electron chi connectivity index (χ4n) is 3.12. The maximum Gasteiger partial charge on any atom is 0.231 e. The van der Waals surface area contributed by atoms with Gasteiger partial charge < -0.3 is 10.5 Å². The molecule has 138 valence electrons. The molecule has 0 saturated carbocycles. The van der Waals surface area contributed by atoms with Crippen molar-refractivity contribution in [1.29, 1.82) is 0 Å². The molecule has 0 fully saturated rings. The van der Waals surface area contributed by atoms with Gasteiger partial charge in [0.05, 0.1) is 16.3 Å². The molecule has 0 unspecified atom stereocenters. The Hall–Kier alpha value is -2.38. The van der Waals surface area contributed by atoms with E-state index in [1.54, 1.807) is 49.5 Å². The first kappa shape index (κ1) is 18.4. The smallest absolute Gasteiger partial charge is 0.231 e. The van der Waals surface area contributed by atoms with Crippen molar-refractivity contribution in [3.63, 3.8) is 0 Å². The lowest BCUT2D eigenvalue weighted by molar-refractivity contribution is -0.119. The predicted molar refractivity (Wildman–Crippen MR) is 97.8 cm³/mol. The molecule has 6 nitrogen and oxygen atoms in total. The number of likely N-dealkylation sites (N-methyl/N-ethyl adjacent to an activating group) is 1. The van der Waals surface area contributed by atoms with Crippen molar-refractivity contribution in [2.24, 2.45) is 5.73 Å². The molecule has 2 N–H and O–H groups in total. The number of hydrogen-bond acceptors (Lipinski definition) is 5. The number of ether oxygens (including phenoxy) is 1. The van der Waals surface area contributed by atoms with Crippen molar-refractivity contribution in [2.45, 2.75) is 28.7 Å². The van der Waals surface area contributed by atoms with Crippen LogP contribution in [0.3, 0.4) is 0 Å². The average Bonchev–Trinajstić information content (AvgIpc) is 2.61.